The van der Waals surface area contributed by atoms with Gasteiger partial charge in [-0.1, -0.05) is 19.3 Å². The lowest BCUT2D eigenvalue weighted by Crippen LogP contribution is -2.10. The minimum atomic E-state index is -0.859. The van der Waals surface area contributed by atoms with Crippen LogP contribution in [0.2, 0.25) is 0 Å². The second-order valence-electron chi connectivity index (χ2n) is 4.25. The zero-order chi connectivity index (χ0) is 10.8. The van der Waals surface area contributed by atoms with E-state index < -0.39 is 5.97 Å². The number of hydrogen-bond donors (Lipinski definition) is 2. The second-order valence-corrected chi connectivity index (χ2v) is 4.25. The van der Waals surface area contributed by atoms with Gasteiger partial charge in [0.25, 0.3) is 0 Å². The van der Waals surface area contributed by atoms with Crippen molar-refractivity contribution in [3.05, 3.63) is 17.0 Å². The van der Waals surface area contributed by atoms with E-state index in [1.54, 1.807) is 6.92 Å². The number of nitrogens with one attached hydrogen (secondary N) is 1. The lowest BCUT2D eigenvalue weighted by Gasteiger charge is -2.20. The van der Waals surface area contributed by atoms with Crippen LogP contribution in [0.1, 0.15) is 59.8 Å². The van der Waals surface area contributed by atoms with Crippen molar-refractivity contribution in [2.24, 2.45) is 0 Å². The molecule has 0 radical (unpaired) electrons. The minimum absolute atomic E-state index is 0.342. The van der Waals surface area contributed by atoms with Crippen molar-refractivity contribution in [2.75, 3.05) is 0 Å². The van der Waals surface area contributed by atoms with E-state index in [0.29, 0.717) is 17.2 Å². The molecule has 1 aromatic rings. The Morgan fingerprint density at radius 2 is 2.07 bits per heavy atom. The number of nitrogens with zero attached hydrogens (tertiary/aromatic N) is 1. The average Bonchev–Trinajstić information content (AvgIpc) is 2.61. The van der Waals surface area contributed by atoms with Crippen LogP contribution in [0.5, 0.6) is 0 Å². The Morgan fingerprint density at radius 3 is 2.67 bits per heavy atom. The highest BCUT2D eigenvalue weighted by Gasteiger charge is 2.25. The maximum absolute atomic E-state index is 11.1. The van der Waals surface area contributed by atoms with Crippen molar-refractivity contribution in [3.8, 4) is 0 Å². The summed E-state index contributed by atoms with van der Waals surface area (Å²) in [5.74, 6) is -0.517. The highest BCUT2D eigenvalue weighted by atomic mass is 16.4. The Morgan fingerprint density at radius 1 is 1.40 bits per heavy atom. The molecule has 82 valence electrons. The molecule has 2 rings (SSSR count). The van der Waals surface area contributed by atoms with Gasteiger partial charge < -0.3 is 5.11 Å². The smallest absolute Gasteiger partial charge is 0.339 e. The second kappa shape index (κ2) is 4.04. The number of hydrogen-bond acceptors (Lipinski definition) is 2. The molecule has 1 aliphatic rings. The molecule has 4 nitrogen and oxygen atoms in total. The van der Waals surface area contributed by atoms with Crippen molar-refractivity contribution in [2.45, 2.75) is 44.9 Å². The first-order valence-corrected chi connectivity index (χ1v) is 5.48. The Hall–Kier alpha value is -1.32. The third kappa shape index (κ3) is 1.89. The summed E-state index contributed by atoms with van der Waals surface area (Å²) in [6.45, 7) is 1.77. The fraction of sp³-hybridized carbons (Fsp3) is 0.636. The Labute approximate surface area is 88.7 Å². The lowest BCUT2D eigenvalue weighted by atomic mass is 9.85. The molecule has 15 heavy (non-hydrogen) atoms. The Balaban J connectivity index is 2.30. The third-order valence-electron chi connectivity index (χ3n) is 3.18. The molecule has 1 aromatic heterocycles. The van der Waals surface area contributed by atoms with Crippen molar-refractivity contribution in [1.82, 2.24) is 10.2 Å². The largest absolute Gasteiger partial charge is 0.478 e. The zero-order valence-corrected chi connectivity index (χ0v) is 8.92. The van der Waals surface area contributed by atoms with E-state index >= 15 is 0 Å². The third-order valence-corrected chi connectivity index (χ3v) is 3.18. The predicted octanol–water partition coefficient (Wildman–Crippen LogP) is 2.46. The number of carboxylic acids is 1. The van der Waals surface area contributed by atoms with Crippen molar-refractivity contribution >= 4 is 5.97 Å². The maximum Gasteiger partial charge on any atom is 0.339 e. The molecule has 2 N–H and O–H groups in total. The summed E-state index contributed by atoms with van der Waals surface area (Å²) in [5.41, 5.74) is 1.82. The summed E-state index contributed by atoms with van der Waals surface area (Å²) in [6.07, 6.45) is 5.79. The van der Waals surface area contributed by atoms with Gasteiger partial charge in [-0.3, -0.25) is 5.10 Å². The first kappa shape index (κ1) is 10.2. The minimum Gasteiger partial charge on any atom is -0.478 e. The van der Waals surface area contributed by atoms with Gasteiger partial charge in [0.05, 0.1) is 5.69 Å². The zero-order valence-electron chi connectivity index (χ0n) is 8.92. The van der Waals surface area contributed by atoms with Gasteiger partial charge in [0, 0.05) is 11.6 Å². The number of carbonyl (C=O) groups is 1. The first-order valence-electron chi connectivity index (χ1n) is 5.48. The van der Waals surface area contributed by atoms with E-state index in [1.165, 1.54) is 19.3 Å². The molecule has 4 heteroatoms. The van der Waals surface area contributed by atoms with Crippen LogP contribution >= 0.6 is 0 Å². The number of H-pyrrole nitrogens is 1. The van der Waals surface area contributed by atoms with E-state index in [9.17, 15) is 4.79 Å². The highest BCUT2D eigenvalue weighted by molar-refractivity contribution is 5.90. The van der Waals surface area contributed by atoms with Gasteiger partial charge in [0.1, 0.15) is 5.56 Å². The van der Waals surface area contributed by atoms with Crippen LogP contribution in [0.3, 0.4) is 0 Å². The predicted molar refractivity (Wildman–Crippen MR) is 56.1 cm³/mol. The molecule has 1 aliphatic carbocycles. The SMILES string of the molecule is Cc1[nH]nc(C2CCCCC2)c1C(=O)O. The molecule has 0 saturated heterocycles. The summed E-state index contributed by atoms with van der Waals surface area (Å²) >= 11 is 0. The molecule has 0 aliphatic heterocycles. The number of rotatable bonds is 2. The monoisotopic (exact) mass is 208 g/mol. The van der Waals surface area contributed by atoms with E-state index in [2.05, 4.69) is 10.2 Å². The van der Waals surface area contributed by atoms with Crippen LogP contribution in [-0.2, 0) is 0 Å². The van der Waals surface area contributed by atoms with Crippen molar-refractivity contribution < 1.29 is 9.90 Å². The number of carboxylic acid groups (broad SMARTS) is 1. The van der Waals surface area contributed by atoms with Gasteiger partial charge >= 0.3 is 5.97 Å². The molecule has 0 aromatic carbocycles. The summed E-state index contributed by atoms with van der Waals surface area (Å²) < 4.78 is 0. The Bertz CT molecular complexity index is 365. The van der Waals surface area contributed by atoms with Crippen LogP contribution in [-0.4, -0.2) is 21.3 Å². The quantitative estimate of drug-likeness (QED) is 0.784. The van der Waals surface area contributed by atoms with Crippen molar-refractivity contribution in [1.29, 1.82) is 0 Å². The number of aromatic carboxylic acids is 1. The lowest BCUT2D eigenvalue weighted by molar-refractivity contribution is 0.0694. The first-order chi connectivity index (χ1) is 7.20. The Kier molecular flexibility index (Phi) is 2.75. The number of aromatic amines is 1. The average molecular weight is 208 g/mol. The van der Waals surface area contributed by atoms with Gasteiger partial charge in [-0.2, -0.15) is 5.10 Å². The fourth-order valence-corrected chi connectivity index (χ4v) is 2.39. The molecule has 0 amide bonds. The van der Waals surface area contributed by atoms with Crippen LogP contribution < -0.4 is 0 Å². The number of aryl methyl sites for hydroxylation is 1. The summed E-state index contributed by atoms with van der Waals surface area (Å²) in [7, 11) is 0. The normalized spacial score (nSPS) is 17.9. The van der Waals surface area contributed by atoms with Gasteiger partial charge in [0.15, 0.2) is 0 Å². The molecule has 1 heterocycles. The van der Waals surface area contributed by atoms with Crippen molar-refractivity contribution in [3.63, 3.8) is 0 Å². The van der Waals surface area contributed by atoms with E-state index in [-0.39, 0.29) is 0 Å². The molecule has 0 unspecified atom stereocenters. The number of aromatic nitrogens is 2. The maximum atomic E-state index is 11.1. The van der Waals surface area contributed by atoms with Gasteiger partial charge in [-0.05, 0) is 19.8 Å². The van der Waals surface area contributed by atoms with Gasteiger partial charge in [0.2, 0.25) is 0 Å². The standard InChI is InChI=1S/C11H16N2O2/c1-7-9(11(14)15)10(13-12-7)8-5-3-2-4-6-8/h8H,2-6H2,1H3,(H,12,13)(H,14,15). The fourth-order valence-electron chi connectivity index (χ4n) is 2.39. The van der Waals surface area contributed by atoms with Gasteiger partial charge in [-0.15, -0.1) is 0 Å². The van der Waals surface area contributed by atoms with E-state index in [0.717, 1.165) is 18.5 Å². The molecular weight excluding hydrogens is 192 g/mol. The molecule has 0 bridgehead atoms. The van der Waals surface area contributed by atoms with E-state index in [1.807, 2.05) is 0 Å². The summed E-state index contributed by atoms with van der Waals surface area (Å²) in [5, 5.41) is 16.0. The van der Waals surface area contributed by atoms with Crippen LogP contribution in [0, 0.1) is 6.92 Å². The summed E-state index contributed by atoms with van der Waals surface area (Å²) in [6, 6.07) is 0. The van der Waals surface area contributed by atoms with E-state index in [4.69, 9.17) is 5.11 Å². The summed E-state index contributed by atoms with van der Waals surface area (Å²) in [4.78, 5) is 11.1. The molecule has 1 saturated carbocycles. The molecule has 0 atom stereocenters. The highest BCUT2D eigenvalue weighted by Crippen LogP contribution is 2.33. The van der Waals surface area contributed by atoms with Crippen LogP contribution in [0.4, 0.5) is 0 Å². The van der Waals surface area contributed by atoms with Crippen LogP contribution in [0.25, 0.3) is 0 Å². The molecular formula is C11H16N2O2. The topological polar surface area (TPSA) is 66.0 Å². The van der Waals surface area contributed by atoms with Crippen LogP contribution in [0.15, 0.2) is 0 Å². The molecule has 1 fully saturated rings. The molecule has 0 spiro atoms. The van der Waals surface area contributed by atoms with Gasteiger partial charge in [-0.25, -0.2) is 4.79 Å².